The number of alkyl halides is 3. The number of pyridine rings is 2. The van der Waals surface area contributed by atoms with E-state index in [-0.39, 0.29) is 27.9 Å². The zero-order valence-electron chi connectivity index (χ0n) is 20.6. The molecule has 3 fully saturated rings. The number of hydrogen-bond donors (Lipinski definition) is 2. The molecule has 204 valence electrons. The Bertz CT molecular complexity index is 1580. The zero-order chi connectivity index (χ0) is 27.6. The van der Waals surface area contributed by atoms with Gasteiger partial charge >= 0.3 is 12.1 Å². The van der Waals surface area contributed by atoms with Crippen molar-refractivity contribution in [1.82, 2.24) is 9.97 Å². The maximum absolute atomic E-state index is 13.9. The number of benzene rings is 1. The smallest absolute Gasteiger partial charge is 0.418 e. The first kappa shape index (κ1) is 25.6. The van der Waals surface area contributed by atoms with Crippen LogP contribution in [-0.4, -0.2) is 42.6 Å². The van der Waals surface area contributed by atoms with E-state index in [4.69, 9.17) is 0 Å². The lowest BCUT2D eigenvalue weighted by molar-refractivity contribution is -0.139. The van der Waals surface area contributed by atoms with Gasteiger partial charge in [-0.2, -0.15) is 21.6 Å². The first-order chi connectivity index (χ1) is 18.5. The predicted octanol–water partition coefficient (Wildman–Crippen LogP) is 5.14. The molecule has 0 bridgehead atoms. The Morgan fingerprint density at radius 2 is 1.82 bits per heavy atom. The number of carbonyl (C=O) groups is 1. The van der Waals surface area contributed by atoms with Crippen LogP contribution in [0.3, 0.4) is 0 Å². The van der Waals surface area contributed by atoms with Gasteiger partial charge < -0.3 is 10.0 Å². The number of halogens is 3. The Kier molecular flexibility index (Phi) is 5.87. The first-order valence-electron chi connectivity index (χ1n) is 12.6. The van der Waals surface area contributed by atoms with Gasteiger partial charge in [0.25, 0.3) is 10.0 Å². The molecule has 3 heterocycles. The monoisotopic (exact) mass is 558 g/mol. The normalized spacial score (nSPS) is 22.7. The number of nitrogens with zero attached hydrogens (tertiary/aromatic N) is 3. The predicted molar refractivity (Wildman–Crippen MR) is 137 cm³/mol. The number of aromatic nitrogens is 2. The van der Waals surface area contributed by atoms with Gasteiger partial charge in [0.15, 0.2) is 5.03 Å². The van der Waals surface area contributed by atoms with Crippen LogP contribution in [0.2, 0.25) is 0 Å². The third kappa shape index (κ3) is 4.81. The van der Waals surface area contributed by atoms with E-state index in [0.717, 1.165) is 30.5 Å². The van der Waals surface area contributed by atoms with E-state index in [1.165, 1.54) is 12.1 Å². The van der Waals surface area contributed by atoms with Gasteiger partial charge in [-0.1, -0.05) is 30.3 Å². The van der Waals surface area contributed by atoms with Gasteiger partial charge in [-0.25, -0.2) is 9.97 Å². The van der Waals surface area contributed by atoms with Gasteiger partial charge in [0.1, 0.15) is 11.6 Å². The summed E-state index contributed by atoms with van der Waals surface area (Å²) < 4.78 is 70.5. The van der Waals surface area contributed by atoms with Crippen molar-refractivity contribution >= 4 is 27.6 Å². The van der Waals surface area contributed by atoms with Gasteiger partial charge in [0.2, 0.25) is 0 Å². The molecular weight excluding hydrogens is 533 g/mol. The summed E-state index contributed by atoms with van der Waals surface area (Å²) >= 11 is 0. The summed E-state index contributed by atoms with van der Waals surface area (Å²) in [5.41, 5.74) is -0.490. The fourth-order valence-electron chi connectivity index (χ4n) is 5.57. The van der Waals surface area contributed by atoms with Gasteiger partial charge in [0.05, 0.1) is 17.2 Å². The van der Waals surface area contributed by atoms with E-state index in [9.17, 15) is 31.5 Å². The number of carboxylic acids is 1. The van der Waals surface area contributed by atoms with E-state index < -0.39 is 33.7 Å². The second-order valence-electron chi connectivity index (χ2n) is 10.5. The number of aliphatic carboxylic acids is 1. The van der Waals surface area contributed by atoms with Crippen LogP contribution in [0.1, 0.15) is 42.7 Å². The van der Waals surface area contributed by atoms with Gasteiger partial charge in [-0.15, -0.1) is 0 Å². The molecule has 2 aliphatic carbocycles. The van der Waals surface area contributed by atoms with E-state index in [0.29, 0.717) is 37.3 Å². The molecule has 3 aromatic rings. The van der Waals surface area contributed by atoms with Crippen molar-refractivity contribution in [3.05, 3.63) is 65.7 Å². The maximum atomic E-state index is 13.9. The van der Waals surface area contributed by atoms with Gasteiger partial charge in [0, 0.05) is 24.1 Å². The number of sulfonamides is 1. The van der Waals surface area contributed by atoms with Crippen LogP contribution in [0.5, 0.6) is 0 Å². The zero-order valence-corrected chi connectivity index (χ0v) is 21.5. The Hall–Kier alpha value is -3.67. The summed E-state index contributed by atoms with van der Waals surface area (Å²) in [6, 6.07) is 13.1. The van der Waals surface area contributed by atoms with Crippen molar-refractivity contribution in [2.45, 2.75) is 42.8 Å². The highest BCUT2D eigenvalue weighted by Crippen LogP contribution is 2.58. The fourth-order valence-corrected chi connectivity index (χ4v) is 6.54. The highest BCUT2D eigenvalue weighted by molar-refractivity contribution is 7.92. The average Bonchev–Trinajstić information content (AvgIpc) is 3.80. The number of anilines is 2. The van der Waals surface area contributed by atoms with E-state index >= 15 is 0 Å². The SMILES string of the molecule is O=C(O)C1CC12CCN(c1cccc(S(=O)(=O)Nc3ccc(C(F)(F)F)c(-c4ccccc4C4CC4)n3)n1)C2. The number of carboxylic acid groups (broad SMARTS) is 1. The number of nitrogens with one attached hydrogen (secondary N) is 1. The molecule has 1 aromatic carbocycles. The highest BCUT2D eigenvalue weighted by atomic mass is 32.2. The second-order valence-corrected chi connectivity index (χ2v) is 12.1. The number of hydrogen-bond acceptors (Lipinski definition) is 6. The standard InChI is InChI=1S/C27H25F3N4O4S/c28-27(29,30)19-10-11-21(31-24(19)18-5-2-1-4-17(18)16-8-9-16)33-39(37,38)23-7-3-6-22(32-23)34-13-12-26(15-34)14-20(26)25(35)36/h1-7,10-11,16,20H,8-9,12-15H2,(H,31,33)(H,35,36). The van der Waals surface area contributed by atoms with Crippen LogP contribution < -0.4 is 9.62 Å². The molecule has 2 atom stereocenters. The molecule has 8 nitrogen and oxygen atoms in total. The maximum Gasteiger partial charge on any atom is 0.418 e. The molecule has 39 heavy (non-hydrogen) atoms. The summed E-state index contributed by atoms with van der Waals surface area (Å²) in [5, 5.41) is 9.02. The average molecular weight is 559 g/mol. The molecule has 2 N–H and O–H groups in total. The topological polar surface area (TPSA) is 112 Å². The summed E-state index contributed by atoms with van der Waals surface area (Å²) in [6.45, 7) is 1.02. The van der Waals surface area contributed by atoms with Gasteiger partial charge in [-0.3, -0.25) is 9.52 Å². The minimum Gasteiger partial charge on any atom is -0.481 e. The minimum absolute atomic E-state index is 0.155. The molecule has 2 saturated carbocycles. The fraction of sp³-hybridized carbons (Fsp3) is 0.370. The Morgan fingerprint density at radius 1 is 1.05 bits per heavy atom. The molecule has 1 aliphatic heterocycles. The molecule has 12 heteroatoms. The first-order valence-corrected chi connectivity index (χ1v) is 14.1. The number of rotatable bonds is 7. The molecule has 2 unspecified atom stereocenters. The molecule has 3 aliphatic rings. The molecule has 1 saturated heterocycles. The quantitative estimate of drug-likeness (QED) is 0.413. The summed E-state index contributed by atoms with van der Waals surface area (Å²) in [5.74, 6) is -0.930. The summed E-state index contributed by atoms with van der Waals surface area (Å²) in [7, 11) is -4.29. The van der Waals surface area contributed by atoms with Crippen molar-refractivity contribution in [1.29, 1.82) is 0 Å². The van der Waals surface area contributed by atoms with Crippen molar-refractivity contribution < 1.29 is 31.5 Å². The van der Waals surface area contributed by atoms with E-state index in [1.807, 2.05) is 4.90 Å². The minimum atomic E-state index is -4.68. The third-order valence-electron chi connectivity index (χ3n) is 7.85. The Balaban J connectivity index is 1.29. The third-order valence-corrected chi connectivity index (χ3v) is 9.11. The molecule has 1 spiro atoms. The van der Waals surface area contributed by atoms with Crippen molar-refractivity contribution in [3.63, 3.8) is 0 Å². The Morgan fingerprint density at radius 3 is 2.51 bits per heavy atom. The summed E-state index contributed by atoms with van der Waals surface area (Å²) in [6.07, 6.45) is -1.66. The van der Waals surface area contributed by atoms with Crippen molar-refractivity contribution in [2.75, 3.05) is 22.7 Å². The Labute approximate surface area is 223 Å². The second kappa shape index (κ2) is 8.94. The van der Waals surface area contributed by atoms with Crippen LogP contribution in [0, 0.1) is 11.3 Å². The molecule has 6 rings (SSSR count). The lowest BCUT2D eigenvalue weighted by atomic mass is 9.97. The molecule has 0 radical (unpaired) electrons. The van der Waals surface area contributed by atoms with Crippen LogP contribution in [0.15, 0.2) is 59.6 Å². The van der Waals surface area contributed by atoms with Crippen LogP contribution in [0.25, 0.3) is 11.3 Å². The van der Waals surface area contributed by atoms with E-state index in [1.54, 1.807) is 30.3 Å². The van der Waals surface area contributed by atoms with Crippen LogP contribution in [0.4, 0.5) is 24.8 Å². The highest BCUT2D eigenvalue weighted by Gasteiger charge is 2.61. The van der Waals surface area contributed by atoms with E-state index in [2.05, 4.69) is 14.7 Å². The van der Waals surface area contributed by atoms with Crippen molar-refractivity contribution in [2.24, 2.45) is 11.3 Å². The van der Waals surface area contributed by atoms with Crippen LogP contribution >= 0.6 is 0 Å². The lowest BCUT2D eigenvalue weighted by Crippen LogP contribution is -2.24. The largest absolute Gasteiger partial charge is 0.481 e. The molecule has 0 amide bonds. The summed E-state index contributed by atoms with van der Waals surface area (Å²) in [4.78, 5) is 21.7. The van der Waals surface area contributed by atoms with Crippen LogP contribution in [-0.2, 0) is 21.0 Å². The van der Waals surface area contributed by atoms with Crippen molar-refractivity contribution in [3.8, 4) is 11.3 Å². The van der Waals surface area contributed by atoms with Gasteiger partial charge in [-0.05, 0) is 61.4 Å². The molecule has 2 aromatic heterocycles. The molecular formula is C27H25F3N4O4S. The lowest BCUT2D eigenvalue weighted by Gasteiger charge is -2.19.